The fourth-order valence-corrected chi connectivity index (χ4v) is 3.90. The molecule has 1 fully saturated rings. The number of anilines is 1. The second-order valence-corrected chi connectivity index (χ2v) is 7.46. The molecule has 0 bridgehead atoms. The van der Waals surface area contributed by atoms with Gasteiger partial charge in [-0.3, -0.25) is 4.99 Å². The van der Waals surface area contributed by atoms with Gasteiger partial charge in [0.1, 0.15) is 17.2 Å². The molecule has 2 heterocycles. The SMILES string of the molecule is CN=C(NCc1oc2ccccc2c1C)NC1CCN(c2cccc(F)c2)CC1.I. The van der Waals surface area contributed by atoms with Crippen LogP contribution in [0.15, 0.2) is 57.9 Å². The molecule has 2 aromatic carbocycles. The number of hydrogen-bond donors (Lipinski definition) is 2. The van der Waals surface area contributed by atoms with Gasteiger partial charge in [-0.25, -0.2) is 4.39 Å². The standard InChI is InChI=1S/C23H27FN4O.HI/c1-16-20-8-3-4-9-21(20)29-22(16)15-26-23(25-2)27-18-10-12-28(13-11-18)19-7-5-6-17(24)14-19;/h3-9,14,18H,10-13,15H2,1-2H3,(H2,25,26,27);1H. The van der Waals surface area contributed by atoms with Crippen molar-refractivity contribution in [1.82, 2.24) is 10.6 Å². The molecule has 160 valence electrons. The van der Waals surface area contributed by atoms with Crippen LogP contribution in [0.1, 0.15) is 24.2 Å². The lowest BCUT2D eigenvalue weighted by Crippen LogP contribution is -2.48. The number of aliphatic imine (C=N–C) groups is 1. The number of nitrogens with zero attached hydrogens (tertiary/aromatic N) is 2. The molecule has 7 heteroatoms. The van der Waals surface area contributed by atoms with Crippen LogP contribution >= 0.6 is 24.0 Å². The molecular formula is C23H28FIN4O. The lowest BCUT2D eigenvalue weighted by atomic mass is 10.0. The van der Waals surface area contributed by atoms with Crippen molar-refractivity contribution in [3.05, 3.63) is 65.7 Å². The molecule has 0 aliphatic carbocycles. The molecule has 1 aliphatic rings. The summed E-state index contributed by atoms with van der Waals surface area (Å²) < 4.78 is 19.4. The van der Waals surface area contributed by atoms with Crippen LogP contribution in [0.25, 0.3) is 11.0 Å². The number of nitrogens with one attached hydrogen (secondary N) is 2. The maximum absolute atomic E-state index is 13.5. The average Bonchev–Trinajstić information content (AvgIpc) is 3.07. The Bertz CT molecular complexity index is 1010. The average molecular weight is 522 g/mol. The van der Waals surface area contributed by atoms with Crippen LogP contribution in [-0.4, -0.2) is 32.1 Å². The first-order valence-corrected chi connectivity index (χ1v) is 10.1. The molecular weight excluding hydrogens is 494 g/mol. The Balaban J connectivity index is 0.00000256. The van der Waals surface area contributed by atoms with Crippen molar-refractivity contribution in [2.75, 3.05) is 25.0 Å². The Kier molecular flexibility index (Phi) is 7.58. The van der Waals surface area contributed by atoms with E-state index >= 15 is 0 Å². The van der Waals surface area contributed by atoms with E-state index in [-0.39, 0.29) is 29.8 Å². The van der Waals surface area contributed by atoms with Gasteiger partial charge in [0.05, 0.1) is 6.54 Å². The van der Waals surface area contributed by atoms with Gasteiger partial charge in [0, 0.05) is 42.8 Å². The summed E-state index contributed by atoms with van der Waals surface area (Å²) in [5, 5.41) is 8.03. The van der Waals surface area contributed by atoms with Crippen molar-refractivity contribution in [3.63, 3.8) is 0 Å². The number of piperidine rings is 1. The molecule has 1 saturated heterocycles. The van der Waals surface area contributed by atoms with Gasteiger partial charge in [0.25, 0.3) is 0 Å². The van der Waals surface area contributed by atoms with Crippen molar-refractivity contribution >= 4 is 46.6 Å². The number of fused-ring (bicyclic) bond motifs is 1. The fraction of sp³-hybridized carbons (Fsp3) is 0.348. The highest BCUT2D eigenvalue weighted by molar-refractivity contribution is 14.0. The van der Waals surface area contributed by atoms with Crippen molar-refractivity contribution in [1.29, 1.82) is 0 Å². The molecule has 3 aromatic rings. The Morgan fingerprint density at radius 2 is 1.93 bits per heavy atom. The lowest BCUT2D eigenvalue weighted by molar-refractivity contribution is 0.458. The Labute approximate surface area is 193 Å². The second kappa shape index (κ2) is 10.1. The van der Waals surface area contributed by atoms with Crippen LogP contribution in [0.5, 0.6) is 0 Å². The molecule has 0 spiro atoms. The van der Waals surface area contributed by atoms with E-state index in [1.807, 2.05) is 24.3 Å². The quantitative estimate of drug-likeness (QED) is 0.293. The molecule has 0 unspecified atom stereocenters. The van der Waals surface area contributed by atoms with Crippen LogP contribution in [0.3, 0.4) is 0 Å². The summed E-state index contributed by atoms with van der Waals surface area (Å²) in [5.41, 5.74) is 3.02. The molecule has 2 N–H and O–H groups in total. The van der Waals surface area contributed by atoms with E-state index in [2.05, 4.69) is 33.5 Å². The zero-order valence-corrected chi connectivity index (χ0v) is 19.7. The summed E-state index contributed by atoms with van der Waals surface area (Å²) in [4.78, 5) is 6.59. The van der Waals surface area contributed by atoms with Crippen LogP contribution in [0.2, 0.25) is 0 Å². The fourth-order valence-electron chi connectivity index (χ4n) is 3.90. The van der Waals surface area contributed by atoms with Crippen molar-refractivity contribution in [2.24, 2.45) is 4.99 Å². The van der Waals surface area contributed by atoms with Crippen LogP contribution < -0.4 is 15.5 Å². The predicted molar refractivity (Wildman–Crippen MR) is 131 cm³/mol. The van der Waals surface area contributed by atoms with E-state index in [1.54, 1.807) is 19.2 Å². The van der Waals surface area contributed by atoms with Crippen LogP contribution in [0.4, 0.5) is 10.1 Å². The third kappa shape index (κ3) is 5.06. The number of guanidine groups is 1. The number of benzene rings is 2. The van der Waals surface area contributed by atoms with Gasteiger partial charge in [0.15, 0.2) is 5.96 Å². The lowest BCUT2D eigenvalue weighted by Gasteiger charge is -2.34. The molecule has 1 aliphatic heterocycles. The summed E-state index contributed by atoms with van der Waals surface area (Å²) in [5.74, 6) is 1.51. The number of para-hydroxylation sites is 1. The van der Waals surface area contributed by atoms with Gasteiger partial charge in [-0.05, 0) is 44.0 Å². The monoisotopic (exact) mass is 522 g/mol. The number of hydrogen-bond acceptors (Lipinski definition) is 3. The molecule has 0 radical (unpaired) electrons. The molecule has 0 atom stereocenters. The highest BCUT2D eigenvalue weighted by Gasteiger charge is 2.20. The Morgan fingerprint density at radius 1 is 1.17 bits per heavy atom. The van der Waals surface area contributed by atoms with Crippen LogP contribution in [0, 0.1) is 12.7 Å². The third-order valence-corrected chi connectivity index (χ3v) is 5.59. The van der Waals surface area contributed by atoms with Crippen molar-refractivity contribution in [3.8, 4) is 0 Å². The normalized spacial score (nSPS) is 15.2. The van der Waals surface area contributed by atoms with E-state index in [1.165, 1.54) is 6.07 Å². The maximum Gasteiger partial charge on any atom is 0.191 e. The largest absolute Gasteiger partial charge is 0.459 e. The summed E-state index contributed by atoms with van der Waals surface area (Å²) in [7, 11) is 1.78. The molecule has 1 aromatic heterocycles. The minimum atomic E-state index is -0.187. The summed E-state index contributed by atoms with van der Waals surface area (Å²) in [6.07, 6.45) is 1.95. The third-order valence-electron chi connectivity index (χ3n) is 5.59. The first-order valence-electron chi connectivity index (χ1n) is 10.1. The minimum Gasteiger partial charge on any atom is -0.459 e. The molecule has 0 amide bonds. The van der Waals surface area contributed by atoms with E-state index in [9.17, 15) is 4.39 Å². The van der Waals surface area contributed by atoms with Gasteiger partial charge in [0.2, 0.25) is 0 Å². The first kappa shape index (κ1) is 22.4. The number of aryl methyl sites for hydroxylation is 1. The summed E-state index contributed by atoms with van der Waals surface area (Å²) in [6.45, 7) is 4.45. The topological polar surface area (TPSA) is 52.8 Å². The van der Waals surface area contributed by atoms with E-state index in [0.717, 1.165) is 59.9 Å². The van der Waals surface area contributed by atoms with Gasteiger partial charge < -0.3 is 20.0 Å². The van der Waals surface area contributed by atoms with Crippen LogP contribution in [-0.2, 0) is 6.54 Å². The maximum atomic E-state index is 13.5. The van der Waals surface area contributed by atoms with E-state index in [4.69, 9.17) is 4.42 Å². The van der Waals surface area contributed by atoms with Gasteiger partial charge in [-0.2, -0.15) is 0 Å². The minimum absolute atomic E-state index is 0. The van der Waals surface area contributed by atoms with Gasteiger partial charge in [-0.15, -0.1) is 24.0 Å². The van der Waals surface area contributed by atoms with E-state index < -0.39 is 0 Å². The zero-order chi connectivity index (χ0) is 20.2. The van der Waals surface area contributed by atoms with Crippen molar-refractivity contribution in [2.45, 2.75) is 32.4 Å². The molecule has 4 rings (SSSR count). The van der Waals surface area contributed by atoms with E-state index in [0.29, 0.717) is 12.6 Å². The number of furan rings is 1. The highest BCUT2D eigenvalue weighted by Crippen LogP contribution is 2.25. The summed E-state index contributed by atoms with van der Waals surface area (Å²) in [6, 6.07) is 15.2. The second-order valence-electron chi connectivity index (χ2n) is 7.46. The predicted octanol–water partition coefficient (Wildman–Crippen LogP) is 4.83. The highest BCUT2D eigenvalue weighted by atomic mass is 127. The van der Waals surface area contributed by atoms with Gasteiger partial charge >= 0.3 is 0 Å². The Morgan fingerprint density at radius 3 is 2.63 bits per heavy atom. The Hall–Kier alpha value is -2.29. The first-order chi connectivity index (χ1) is 14.1. The van der Waals surface area contributed by atoms with Gasteiger partial charge in [-0.1, -0.05) is 24.3 Å². The molecule has 0 saturated carbocycles. The summed E-state index contributed by atoms with van der Waals surface area (Å²) >= 11 is 0. The molecule has 30 heavy (non-hydrogen) atoms. The number of rotatable bonds is 4. The smallest absolute Gasteiger partial charge is 0.191 e. The zero-order valence-electron chi connectivity index (χ0n) is 17.3. The number of halogens is 2. The van der Waals surface area contributed by atoms with Crippen molar-refractivity contribution < 1.29 is 8.81 Å². The molecule has 5 nitrogen and oxygen atoms in total.